The van der Waals surface area contributed by atoms with Gasteiger partial charge in [-0.1, -0.05) is 0 Å². The maximum atomic E-state index is 12.9. The molecule has 5 nitrogen and oxygen atoms in total. The molecule has 1 fully saturated rings. The molecule has 5 heteroatoms. The van der Waals surface area contributed by atoms with Crippen LogP contribution in [0.1, 0.15) is 70.8 Å². The number of rotatable bonds is 3. The first kappa shape index (κ1) is 15.3. The van der Waals surface area contributed by atoms with Gasteiger partial charge in [0.05, 0.1) is 5.56 Å². The number of fused-ring (bicyclic) bond motifs is 1. The van der Waals surface area contributed by atoms with Gasteiger partial charge in [-0.3, -0.25) is 9.59 Å². The highest BCUT2D eigenvalue weighted by Gasteiger charge is 2.34. The van der Waals surface area contributed by atoms with Gasteiger partial charge < -0.3 is 14.4 Å². The number of carbonyl (C=O) groups excluding carboxylic acids is 2. The number of aliphatic hydroxyl groups is 1. The van der Waals surface area contributed by atoms with Gasteiger partial charge in [-0.15, -0.1) is 0 Å². The Hall–Kier alpha value is -1.62. The zero-order valence-corrected chi connectivity index (χ0v) is 13.1. The average molecular weight is 305 g/mol. The standard InChI is InChI=1S/C17H23NO4/c1-11-15-13(20)6-4-7-14(15)22-16(11)17(21)18-9-3-2-5-12(18)8-10-19/h12,19H,2-10H2,1H3. The van der Waals surface area contributed by atoms with E-state index >= 15 is 0 Å². The minimum absolute atomic E-state index is 0.0727. The Bertz CT molecular complexity index is 588. The highest BCUT2D eigenvalue weighted by molar-refractivity contribution is 6.03. The second-order valence-electron chi connectivity index (χ2n) is 6.29. The van der Waals surface area contributed by atoms with Crippen LogP contribution in [0.3, 0.4) is 0 Å². The fourth-order valence-corrected chi connectivity index (χ4v) is 3.70. The van der Waals surface area contributed by atoms with E-state index in [0.29, 0.717) is 42.0 Å². The molecule has 1 aromatic rings. The smallest absolute Gasteiger partial charge is 0.290 e. The zero-order valence-electron chi connectivity index (χ0n) is 13.1. The van der Waals surface area contributed by atoms with Gasteiger partial charge in [-0.05, 0) is 39.0 Å². The largest absolute Gasteiger partial charge is 0.455 e. The number of ketones is 1. The van der Waals surface area contributed by atoms with E-state index in [4.69, 9.17) is 4.42 Å². The Labute approximate surface area is 130 Å². The minimum atomic E-state index is -0.127. The van der Waals surface area contributed by atoms with Crippen molar-refractivity contribution in [1.82, 2.24) is 4.90 Å². The maximum absolute atomic E-state index is 12.9. The molecule has 2 aliphatic rings. The Morgan fingerprint density at radius 3 is 2.86 bits per heavy atom. The van der Waals surface area contributed by atoms with Crippen molar-refractivity contribution in [3.63, 3.8) is 0 Å². The van der Waals surface area contributed by atoms with Crippen molar-refractivity contribution in [2.45, 2.75) is 57.9 Å². The summed E-state index contributed by atoms with van der Waals surface area (Å²) in [4.78, 5) is 26.8. The molecule has 2 heterocycles. The monoisotopic (exact) mass is 305 g/mol. The second kappa shape index (κ2) is 6.24. The quantitative estimate of drug-likeness (QED) is 0.931. The number of aliphatic hydroxyl groups excluding tert-OH is 1. The van der Waals surface area contributed by atoms with Crippen molar-refractivity contribution < 1.29 is 19.1 Å². The molecule has 3 rings (SSSR count). The number of nitrogens with zero attached hydrogens (tertiary/aromatic N) is 1. The van der Waals surface area contributed by atoms with Crippen LogP contribution in [0.2, 0.25) is 0 Å². The van der Waals surface area contributed by atoms with Gasteiger partial charge in [0.2, 0.25) is 0 Å². The highest BCUT2D eigenvalue weighted by Crippen LogP contribution is 2.31. The number of hydrogen-bond donors (Lipinski definition) is 1. The van der Waals surface area contributed by atoms with Gasteiger partial charge in [0.1, 0.15) is 5.76 Å². The summed E-state index contributed by atoms with van der Waals surface area (Å²) in [5.74, 6) is 0.961. The fraction of sp³-hybridized carbons (Fsp3) is 0.647. The second-order valence-corrected chi connectivity index (χ2v) is 6.29. The molecule has 1 N–H and O–H groups in total. The van der Waals surface area contributed by atoms with Crippen LogP contribution in [0.5, 0.6) is 0 Å². The van der Waals surface area contributed by atoms with E-state index in [1.165, 1.54) is 0 Å². The lowest BCUT2D eigenvalue weighted by molar-refractivity contribution is 0.0539. The summed E-state index contributed by atoms with van der Waals surface area (Å²) in [5, 5.41) is 9.20. The van der Waals surface area contributed by atoms with Crippen LogP contribution in [0.25, 0.3) is 0 Å². The van der Waals surface area contributed by atoms with E-state index in [0.717, 1.165) is 32.1 Å². The van der Waals surface area contributed by atoms with Gasteiger partial charge in [0.25, 0.3) is 5.91 Å². The lowest BCUT2D eigenvalue weighted by Crippen LogP contribution is -2.44. The Balaban J connectivity index is 1.90. The number of carbonyl (C=O) groups is 2. The molecule has 1 saturated heterocycles. The van der Waals surface area contributed by atoms with Crippen molar-refractivity contribution in [3.05, 3.63) is 22.6 Å². The molecule has 1 aliphatic heterocycles. The van der Waals surface area contributed by atoms with Crippen LogP contribution in [-0.2, 0) is 6.42 Å². The molecule has 1 aromatic heterocycles. The Morgan fingerprint density at radius 1 is 1.32 bits per heavy atom. The van der Waals surface area contributed by atoms with Gasteiger partial charge >= 0.3 is 0 Å². The molecule has 1 aliphatic carbocycles. The predicted octanol–water partition coefficient (Wildman–Crippen LogP) is 2.48. The lowest BCUT2D eigenvalue weighted by Gasteiger charge is -2.35. The first-order valence-corrected chi connectivity index (χ1v) is 8.20. The van der Waals surface area contributed by atoms with E-state index in [2.05, 4.69) is 0 Å². The number of furan rings is 1. The molecule has 1 amide bonds. The van der Waals surface area contributed by atoms with E-state index in [1.807, 2.05) is 11.8 Å². The molecule has 0 radical (unpaired) electrons. The molecular weight excluding hydrogens is 282 g/mol. The van der Waals surface area contributed by atoms with Crippen molar-refractivity contribution >= 4 is 11.7 Å². The number of Topliss-reactive ketones (excluding diaryl/α,β-unsaturated/α-hetero) is 1. The Kier molecular flexibility index (Phi) is 4.34. The number of hydrogen-bond acceptors (Lipinski definition) is 4. The van der Waals surface area contributed by atoms with Crippen molar-refractivity contribution in [3.8, 4) is 0 Å². The molecule has 1 atom stereocenters. The lowest BCUT2D eigenvalue weighted by atomic mass is 9.93. The molecule has 0 saturated carbocycles. The summed E-state index contributed by atoms with van der Waals surface area (Å²) < 4.78 is 5.77. The fourth-order valence-electron chi connectivity index (χ4n) is 3.70. The molecule has 1 unspecified atom stereocenters. The summed E-state index contributed by atoms with van der Waals surface area (Å²) in [6.45, 7) is 2.59. The average Bonchev–Trinajstić information content (AvgIpc) is 2.86. The van der Waals surface area contributed by atoms with Crippen LogP contribution in [0.15, 0.2) is 4.42 Å². The van der Waals surface area contributed by atoms with Crippen LogP contribution < -0.4 is 0 Å². The maximum Gasteiger partial charge on any atom is 0.290 e. The highest BCUT2D eigenvalue weighted by atomic mass is 16.4. The Morgan fingerprint density at radius 2 is 2.14 bits per heavy atom. The van der Waals surface area contributed by atoms with Gasteiger partial charge in [0.15, 0.2) is 11.5 Å². The van der Waals surface area contributed by atoms with E-state index < -0.39 is 0 Å². The van der Waals surface area contributed by atoms with Crippen LogP contribution >= 0.6 is 0 Å². The molecule has 0 aromatic carbocycles. The van der Waals surface area contributed by atoms with Crippen LogP contribution in [0, 0.1) is 6.92 Å². The molecule has 22 heavy (non-hydrogen) atoms. The first-order chi connectivity index (χ1) is 10.6. The van der Waals surface area contributed by atoms with Crippen molar-refractivity contribution in [2.75, 3.05) is 13.2 Å². The SMILES string of the molecule is Cc1c(C(=O)N2CCCCC2CCO)oc2c1C(=O)CCC2. The zero-order chi connectivity index (χ0) is 15.7. The number of amides is 1. The van der Waals surface area contributed by atoms with E-state index in [-0.39, 0.29) is 24.3 Å². The van der Waals surface area contributed by atoms with E-state index in [1.54, 1.807) is 0 Å². The minimum Gasteiger partial charge on any atom is -0.455 e. The van der Waals surface area contributed by atoms with Gasteiger partial charge in [0, 0.05) is 37.6 Å². The molecular formula is C17H23NO4. The van der Waals surface area contributed by atoms with Crippen molar-refractivity contribution in [1.29, 1.82) is 0 Å². The first-order valence-electron chi connectivity index (χ1n) is 8.20. The predicted molar refractivity (Wildman–Crippen MR) is 81.1 cm³/mol. The number of likely N-dealkylation sites (tertiary alicyclic amines) is 1. The third-order valence-corrected chi connectivity index (χ3v) is 4.85. The van der Waals surface area contributed by atoms with Gasteiger partial charge in [-0.25, -0.2) is 0 Å². The molecule has 0 spiro atoms. The number of piperidine rings is 1. The van der Waals surface area contributed by atoms with Gasteiger partial charge in [-0.2, -0.15) is 0 Å². The summed E-state index contributed by atoms with van der Waals surface area (Å²) in [6, 6.07) is 0.0727. The number of aryl methyl sites for hydroxylation is 1. The summed E-state index contributed by atoms with van der Waals surface area (Å²) >= 11 is 0. The molecule has 120 valence electrons. The van der Waals surface area contributed by atoms with Crippen LogP contribution in [-0.4, -0.2) is 40.9 Å². The normalized spacial score (nSPS) is 21.8. The van der Waals surface area contributed by atoms with Crippen LogP contribution in [0.4, 0.5) is 0 Å². The molecule has 0 bridgehead atoms. The summed E-state index contributed by atoms with van der Waals surface area (Å²) in [6.07, 6.45) is 5.65. The van der Waals surface area contributed by atoms with Crippen molar-refractivity contribution in [2.24, 2.45) is 0 Å². The topological polar surface area (TPSA) is 70.8 Å². The third-order valence-electron chi connectivity index (χ3n) is 4.85. The summed E-state index contributed by atoms with van der Waals surface area (Å²) in [5.41, 5.74) is 1.32. The van der Waals surface area contributed by atoms with E-state index in [9.17, 15) is 14.7 Å². The third kappa shape index (κ3) is 2.58. The summed E-state index contributed by atoms with van der Waals surface area (Å²) in [7, 11) is 0.